The molecule has 0 saturated heterocycles. The van der Waals surface area contributed by atoms with Crippen molar-refractivity contribution in [3.05, 3.63) is 72.6 Å². The second-order valence-electron chi connectivity index (χ2n) is 5.49. The van der Waals surface area contributed by atoms with Crippen LogP contribution in [0.15, 0.2) is 67.0 Å². The minimum Gasteiger partial charge on any atom is -0.508 e. The lowest BCUT2D eigenvalue weighted by molar-refractivity contribution is -0.116. The number of hydrogen-bond donors (Lipinski definition) is 3. The Hall–Kier alpha value is -3.41. The van der Waals surface area contributed by atoms with Gasteiger partial charge in [-0.25, -0.2) is 9.97 Å². The van der Waals surface area contributed by atoms with E-state index in [4.69, 9.17) is 0 Å². The normalized spacial score (nSPS) is 10.2. The van der Waals surface area contributed by atoms with E-state index in [1.807, 2.05) is 36.4 Å². The molecule has 1 heterocycles. The van der Waals surface area contributed by atoms with E-state index in [-0.39, 0.29) is 11.7 Å². The molecule has 0 unspecified atom stereocenters. The Morgan fingerprint density at radius 3 is 2.24 bits per heavy atom. The predicted molar refractivity (Wildman–Crippen MR) is 96.8 cm³/mol. The van der Waals surface area contributed by atoms with E-state index in [1.165, 1.54) is 0 Å². The summed E-state index contributed by atoms with van der Waals surface area (Å²) < 4.78 is 0. The van der Waals surface area contributed by atoms with Crippen molar-refractivity contribution in [2.75, 3.05) is 10.6 Å². The highest BCUT2D eigenvalue weighted by atomic mass is 16.3. The number of nitrogens with one attached hydrogen (secondary N) is 2. The Morgan fingerprint density at radius 2 is 1.56 bits per heavy atom. The molecule has 0 saturated carbocycles. The highest BCUT2D eigenvalue weighted by Gasteiger charge is 2.04. The molecule has 6 nitrogen and oxygen atoms in total. The van der Waals surface area contributed by atoms with E-state index in [1.54, 1.807) is 30.6 Å². The van der Waals surface area contributed by atoms with Crippen molar-refractivity contribution in [1.29, 1.82) is 0 Å². The van der Waals surface area contributed by atoms with Crippen molar-refractivity contribution in [1.82, 2.24) is 9.97 Å². The Balaban J connectivity index is 1.50. The maximum absolute atomic E-state index is 12.0. The van der Waals surface area contributed by atoms with Crippen LogP contribution in [0.25, 0.3) is 0 Å². The fourth-order valence-corrected chi connectivity index (χ4v) is 2.27. The number of carbonyl (C=O) groups is 1. The summed E-state index contributed by atoms with van der Waals surface area (Å²) in [6, 6.07) is 16.0. The first-order valence-electron chi connectivity index (χ1n) is 7.91. The van der Waals surface area contributed by atoms with Crippen molar-refractivity contribution in [3.8, 4) is 5.75 Å². The molecule has 3 rings (SSSR count). The molecule has 0 aliphatic heterocycles. The van der Waals surface area contributed by atoms with Gasteiger partial charge in [-0.3, -0.25) is 4.79 Å². The molecule has 0 radical (unpaired) electrons. The quantitative estimate of drug-likeness (QED) is 0.642. The number of benzene rings is 2. The van der Waals surface area contributed by atoms with E-state index in [2.05, 4.69) is 20.6 Å². The van der Waals surface area contributed by atoms with Crippen LogP contribution in [0.2, 0.25) is 0 Å². The van der Waals surface area contributed by atoms with E-state index < -0.39 is 0 Å². The van der Waals surface area contributed by atoms with Gasteiger partial charge < -0.3 is 15.7 Å². The van der Waals surface area contributed by atoms with Gasteiger partial charge in [-0.1, -0.05) is 12.1 Å². The van der Waals surface area contributed by atoms with Crippen LogP contribution < -0.4 is 10.6 Å². The van der Waals surface area contributed by atoms with Gasteiger partial charge in [0.2, 0.25) is 11.9 Å². The van der Waals surface area contributed by atoms with Gasteiger partial charge in [0, 0.05) is 30.2 Å². The van der Waals surface area contributed by atoms with Gasteiger partial charge in [0.25, 0.3) is 0 Å². The average Bonchev–Trinajstić information content (AvgIpc) is 2.64. The summed E-state index contributed by atoms with van der Waals surface area (Å²) >= 11 is 0. The molecule has 1 aromatic heterocycles. The van der Waals surface area contributed by atoms with Gasteiger partial charge in [0.15, 0.2) is 0 Å². The topological polar surface area (TPSA) is 87.1 Å². The van der Waals surface area contributed by atoms with Gasteiger partial charge >= 0.3 is 0 Å². The fraction of sp³-hybridized carbons (Fsp3) is 0.105. The molecular formula is C19H18N4O2. The first kappa shape index (κ1) is 16.4. The molecule has 25 heavy (non-hydrogen) atoms. The number of amides is 1. The standard InChI is InChI=1S/C19H18N4O2/c24-17-9-2-14(3-10-17)4-11-18(25)22-15-5-7-16(8-6-15)23-19-20-12-1-13-21-19/h1-3,5-10,12-13,24H,4,11H2,(H,22,25)(H,20,21,23). The lowest BCUT2D eigenvalue weighted by atomic mass is 10.1. The number of aryl methyl sites for hydroxylation is 1. The number of rotatable bonds is 6. The van der Waals surface area contributed by atoms with E-state index in [0.29, 0.717) is 18.8 Å². The first-order chi connectivity index (χ1) is 12.2. The highest BCUT2D eigenvalue weighted by Crippen LogP contribution is 2.17. The minimum atomic E-state index is -0.0554. The van der Waals surface area contributed by atoms with E-state index >= 15 is 0 Å². The van der Waals surface area contributed by atoms with Crippen molar-refractivity contribution in [3.63, 3.8) is 0 Å². The van der Waals surface area contributed by atoms with Crippen LogP contribution in [-0.4, -0.2) is 21.0 Å². The summed E-state index contributed by atoms with van der Waals surface area (Å²) in [5.74, 6) is 0.691. The highest BCUT2D eigenvalue weighted by molar-refractivity contribution is 5.91. The van der Waals surface area contributed by atoms with E-state index in [0.717, 1.165) is 16.9 Å². The third-order valence-electron chi connectivity index (χ3n) is 3.57. The SMILES string of the molecule is O=C(CCc1ccc(O)cc1)Nc1ccc(Nc2ncccn2)cc1. The molecule has 6 heteroatoms. The summed E-state index contributed by atoms with van der Waals surface area (Å²) in [5, 5.41) is 15.2. The number of anilines is 3. The van der Waals surface area contributed by atoms with Crippen LogP contribution in [0.3, 0.4) is 0 Å². The Kier molecular flexibility index (Phi) is 5.21. The largest absolute Gasteiger partial charge is 0.508 e. The molecule has 1 amide bonds. The Morgan fingerprint density at radius 1 is 0.920 bits per heavy atom. The summed E-state index contributed by atoms with van der Waals surface area (Å²) in [6.07, 6.45) is 4.33. The number of phenolic OH excluding ortho intramolecular Hbond substituents is 1. The van der Waals surface area contributed by atoms with Gasteiger partial charge in [-0.2, -0.15) is 0 Å². The van der Waals surface area contributed by atoms with Crippen molar-refractivity contribution >= 4 is 23.2 Å². The average molecular weight is 334 g/mol. The van der Waals surface area contributed by atoms with Crippen LogP contribution in [0.5, 0.6) is 5.75 Å². The maximum atomic E-state index is 12.0. The second-order valence-corrected chi connectivity index (χ2v) is 5.49. The van der Waals surface area contributed by atoms with Crippen molar-refractivity contribution < 1.29 is 9.90 Å². The second kappa shape index (κ2) is 7.92. The molecule has 0 bridgehead atoms. The minimum absolute atomic E-state index is 0.0554. The number of hydrogen-bond acceptors (Lipinski definition) is 5. The first-order valence-corrected chi connectivity index (χ1v) is 7.91. The smallest absolute Gasteiger partial charge is 0.227 e. The number of aromatic hydroxyl groups is 1. The maximum Gasteiger partial charge on any atom is 0.227 e. The number of carbonyl (C=O) groups excluding carboxylic acids is 1. The lowest BCUT2D eigenvalue weighted by Crippen LogP contribution is -2.12. The lowest BCUT2D eigenvalue weighted by Gasteiger charge is -2.08. The fourth-order valence-electron chi connectivity index (χ4n) is 2.27. The molecule has 2 aromatic carbocycles. The third kappa shape index (κ3) is 5.04. The predicted octanol–water partition coefficient (Wildman–Crippen LogP) is 3.50. The molecule has 0 fully saturated rings. The van der Waals surface area contributed by atoms with Gasteiger partial charge in [-0.05, 0) is 54.4 Å². The molecule has 3 N–H and O–H groups in total. The number of aromatic nitrogens is 2. The summed E-state index contributed by atoms with van der Waals surface area (Å²) in [4.78, 5) is 20.2. The molecule has 126 valence electrons. The monoisotopic (exact) mass is 334 g/mol. The zero-order valence-electron chi connectivity index (χ0n) is 13.5. The molecule has 0 spiro atoms. The van der Waals surface area contributed by atoms with Gasteiger partial charge in [0.1, 0.15) is 5.75 Å². The Bertz CT molecular complexity index is 818. The zero-order valence-corrected chi connectivity index (χ0v) is 13.5. The summed E-state index contributed by atoms with van der Waals surface area (Å²) in [5.41, 5.74) is 2.58. The van der Waals surface area contributed by atoms with E-state index in [9.17, 15) is 9.90 Å². The summed E-state index contributed by atoms with van der Waals surface area (Å²) in [7, 11) is 0. The van der Waals surface area contributed by atoms with Crippen LogP contribution in [-0.2, 0) is 11.2 Å². The summed E-state index contributed by atoms with van der Waals surface area (Å²) in [6.45, 7) is 0. The van der Waals surface area contributed by atoms with Gasteiger partial charge in [-0.15, -0.1) is 0 Å². The van der Waals surface area contributed by atoms with Crippen molar-refractivity contribution in [2.45, 2.75) is 12.8 Å². The van der Waals surface area contributed by atoms with Crippen LogP contribution in [0.1, 0.15) is 12.0 Å². The van der Waals surface area contributed by atoms with Gasteiger partial charge in [0.05, 0.1) is 0 Å². The molecule has 0 aliphatic carbocycles. The molecule has 0 aliphatic rings. The zero-order chi connectivity index (χ0) is 17.5. The molecule has 0 atom stereocenters. The molecule has 3 aromatic rings. The Labute approximate surface area is 145 Å². The molecular weight excluding hydrogens is 316 g/mol. The van der Waals surface area contributed by atoms with Crippen molar-refractivity contribution in [2.24, 2.45) is 0 Å². The van der Waals surface area contributed by atoms with Crippen LogP contribution in [0, 0.1) is 0 Å². The number of nitrogens with zero attached hydrogens (tertiary/aromatic N) is 2. The number of phenols is 1. The van der Waals surface area contributed by atoms with Crippen LogP contribution >= 0.6 is 0 Å². The third-order valence-corrected chi connectivity index (χ3v) is 3.57. The van der Waals surface area contributed by atoms with Crippen LogP contribution in [0.4, 0.5) is 17.3 Å².